The minimum Gasteiger partial charge on any atom is -1.00 e. The van der Waals surface area contributed by atoms with Crippen molar-refractivity contribution in [2.75, 3.05) is 27.2 Å². The first-order valence-corrected chi connectivity index (χ1v) is 5.10. The van der Waals surface area contributed by atoms with Gasteiger partial charge in [0.15, 0.2) is 0 Å². The van der Waals surface area contributed by atoms with Gasteiger partial charge in [0.05, 0.1) is 27.2 Å². The van der Waals surface area contributed by atoms with Crippen LogP contribution in [0.4, 0.5) is 0 Å². The predicted molar refractivity (Wildman–Crippen MR) is 57.0 cm³/mol. The summed E-state index contributed by atoms with van der Waals surface area (Å²) in [5, 5.41) is 0.473. The lowest BCUT2D eigenvalue weighted by molar-refractivity contribution is -0.858. The van der Waals surface area contributed by atoms with Gasteiger partial charge < -0.3 is 22.0 Å². The van der Waals surface area contributed by atoms with Crippen LogP contribution in [0.2, 0.25) is 5.15 Å². The van der Waals surface area contributed by atoms with Crippen LogP contribution in [0.25, 0.3) is 0 Å². The van der Waals surface area contributed by atoms with Crippen LogP contribution in [-0.4, -0.2) is 32.2 Å². The van der Waals surface area contributed by atoms with Gasteiger partial charge in [-0.1, -0.05) is 17.7 Å². The summed E-state index contributed by atoms with van der Waals surface area (Å²) < 4.78 is 5.43. The lowest BCUT2D eigenvalue weighted by Crippen LogP contribution is -3.05. The molecule has 0 aliphatic carbocycles. The summed E-state index contributed by atoms with van der Waals surface area (Å²) >= 11 is 5.71. The Bertz CT molecular complexity index is 282. The minimum absolute atomic E-state index is 0. The largest absolute Gasteiger partial charge is 1.00 e. The molecular weight excluding hydrogens is 235 g/mol. The van der Waals surface area contributed by atoms with Crippen molar-refractivity contribution < 1.29 is 22.0 Å². The van der Waals surface area contributed by atoms with Crippen molar-refractivity contribution in [1.82, 2.24) is 4.98 Å². The Morgan fingerprint density at radius 3 is 2.73 bits per heavy atom. The van der Waals surface area contributed by atoms with Gasteiger partial charge in [-0.25, -0.2) is 4.98 Å². The molecule has 0 aromatic carbocycles. The van der Waals surface area contributed by atoms with Crippen LogP contribution in [0.5, 0.6) is 5.88 Å². The van der Waals surface area contributed by atoms with Crippen LogP contribution in [0, 0.1) is 0 Å². The molecule has 0 bridgehead atoms. The number of quaternary nitrogens is 1. The van der Waals surface area contributed by atoms with E-state index >= 15 is 0 Å². The van der Waals surface area contributed by atoms with Crippen molar-refractivity contribution in [3.05, 3.63) is 23.4 Å². The molecule has 0 saturated heterocycles. The third kappa shape index (κ3) is 6.55. The molecule has 0 aliphatic heterocycles. The normalized spacial score (nSPS) is 9.87. The quantitative estimate of drug-likeness (QED) is 0.468. The van der Waals surface area contributed by atoms with Crippen LogP contribution < -0.4 is 22.0 Å². The number of hydrogen-bond acceptors (Lipinski definition) is 2. The molecule has 0 fully saturated rings. The molecule has 1 heterocycles. The fourth-order valence-electron chi connectivity index (χ4n) is 1.07. The number of ether oxygens (including phenoxy) is 1. The molecule has 0 amide bonds. The van der Waals surface area contributed by atoms with Crippen molar-refractivity contribution in [2.45, 2.75) is 6.42 Å². The fraction of sp³-hybridized carbons (Fsp3) is 0.500. The molecule has 0 aliphatic rings. The zero-order chi connectivity index (χ0) is 10.4. The second-order valence-corrected chi connectivity index (χ2v) is 3.84. The Labute approximate surface area is 102 Å². The van der Waals surface area contributed by atoms with E-state index in [1.54, 1.807) is 6.07 Å². The Hall–Kier alpha value is -0.510. The molecule has 1 N–H and O–H groups in total. The summed E-state index contributed by atoms with van der Waals surface area (Å²) in [4.78, 5) is 5.45. The van der Waals surface area contributed by atoms with Gasteiger partial charge in [-0.15, -0.1) is 0 Å². The number of nitrogens with one attached hydrogen (secondary N) is 1. The lowest BCUT2D eigenvalue weighted by Gasteiger charge is -2.07. The highest BCUT2D eigenvalue weighted by Gasteiger charge is 1.97. The first kappa shape index (κ1) is 14.5. The van der Waals surface area contributed by atoms with Crippen molar-refractivity contribution >= 4 is 11.6 Å². The van der Waals surface area contributed by atoms with Crippen LogP contribution in [-0.2, 0) is 0 Å². The summed E-state index contributed by atoms with van der Waals surface area (Å²) in [6.07, 6.45) is 1.02. The zero-order valence-electron chi connectivity index (χ0n) is 8.96. The third-order valence-corrected chi connectivity index (χ3v) is 1.97. The molecular formula is C10H16Cl2N2O. The van der Waals surface area contributed by atoms with Crippen molar-refractivity contribution in [3.8, 4) is 5.88 Å². The van der Waals surface area contributed by atoms with Gasteiger partial charge in [-0.3, -0.25) is 0 Å². The van der Waals surface area contributed by atoms with Crippen LogP contribution in [0.15, 0.2) is 18.2 Å². The highest BCUT2D eigenvalue weighted by Crippen LogP contribution is 2.11. The monoisotopic (exact) mass is 250 g/mol. The second kappa shape index (κ2) is 7.74. The molecule has 1 aromatic heterocycles. The van der Waals surface area contributed by atoms with Crippen molar-refractivity contribution in [3.63, 3.8) is 0 Å². The zero-order valence-corrected chi connectivity index (χ0v) is 10.5. The van der Waals surface area contributed by atoms with Crippen LogP contribution in [0.1, 0.15) is 6.42 Å². The van der Waals surface area contributed by atoms with Gasteiger partial charge in [0.1, 0.15) is 5.15 Å². The summed E-state index contributed by atoms with van der Waals surface area (Å²) in [6, 6.07) is 5.38. The van der Waals surface area contributed by atoms with E-state index in [1.165, 1.54) is 4.90 Å². The van der Waals surface area contributed by atoms with E-state index in [9.17, 15) is 0 Å². The van der Waals surface area contributed by atoms with Gasteiger partial charge in [0.2, 0.25) is 5.88 Å². The molecule has 0 atom stereocenters. The number of pyridine rings is 1. The van der Waals surface area contributed by atoms with E-state index in [2.05, 4.69) is 19.1 Å². The molecule has 0 spiro atoms. The van der Waals surface area contributed by atoms with Crippen molar-refractivity contribution in [1.29, 1.82) is 0 Å². The number of aromatic nitrogens is 1. The number of rotatable bonds is 5. The van der Waals surface area contributed by atoms with E-state index < -0.39 is 0 Å². The number of nitrogens with zero attached hydrogens (tertiary/aromatic N) is 1. The number of halogens is 2. The van der Waals surface area contributed by atoms with E-state index in [-0.39, 0.29) is 12.4 Å². The second-order valence-electron chi connectivity index (χ2n) is 3.46. The third-order valence-electron chi connectivity index (χ3n) is 1.76. The van der Waals surface area contributed by atoms with E-state index in [4.69, 9.17) is 16.3 Å². The molecule has 1 aromatic rings. The van der Waals surface area contributed by atoms with E-state index in [0.29, 0.717) is 17.6 Å². The van der Waals surface area contributed by atoms with Crippen molar-refractivity contribution in [2.24, 2.45) is 0 Å². The summed E-state index contributed by atoms with van der Waals surface area (Å²) in [5.74, 6) is 0.603. The van der Waals surface area contributed by atoms with Gasteiger partial charge in [-0.05, 0) is 6.07 Å². The molecule has 0 radical (unpaired) electrons. The standard InChI is InChI=1S/C10H15ClN2O.ClH/c1-13(2)7-4-8-14-10-6-3-5-9(11)12-10;/h3,5-6H,4,7-8H2,1-2H3;1H. The Morgan fingerprint density at radius 2 is 2.13 bits per heavy atom. The maximum Gasteiger partial charge on any atom is 0.214 e. The first-order valence-electron chi connectivity index (χ1n) is 4.73. The molecule has 86 valence electrons. The Morgan fingerprint density at radius 1 is 1.40 bits per heavy atom. The molecule has 5 heteroatoms. The molecule has 1 rings (SSSR count). The highest BCUT2D eigenvalue weighted by molar-refractivity contribution is 6.29. The molecule has 0 unspecified atom stereocenters. The summed E-state index contributed by atoms with van der Waals surface area (Å²) in [7, 11) is 4.25. The average molecular weight is 251 g/mol. The van der Waals surface area contributed by atoms with Crippen LogP contribution >= 0.6 is 11.6 Å². The summed E-state index contributed by atoms with van der Waals surface area (Å²) in [5.41, 5.74) is 0. The Kier molecular flexibility index (Phi) is 7.48. The maximum atomic E-state index is 5.71. The smallest absolute Gasteiger partial charge is 0.214 e. The molecule has 15 heavy (non-hydrogen) atoms. The van der Waals surface area contributed by atoms with Gasteiger partial charge in [-0.2, -0.15) is 0 Å². The Balaban J connectivity index is 0.00000196. The fourth-order valence-corrected chi connectivity index (χ4v) is 1.23. The lowest BCUT2D eigenvalue weighted by atomic mass is 10.4. The first-order chi connectivity index (χ1) is 6.68. The van der Waals surface area contributed by atoms with Gasteiger partial charge in [0, 0.05) is 12.5 Å². The summed E-state index contributed by atoms with van der Waals surface area (Å²) in [6.45, 7) is 1.79. The SMILES string of the molecule is C[NH+](C)CCCOc1cccc(Cl)n1.[Cl-]. The topological polar surface area (TPSA) is 26.6 Å². The minimum atomic E-state index is 0. The molecule has 3 nitrogen and oxygen atoms in total. The predicted octanol–water partition coefficient (Wildman–Crippen LogP) is -2.35. The van der Waals surface area contributed by atoms with Gasteiger partial charge >= 0.3 is 0 Å². The molecule has 0 saturated carbocycles. The average Bonchev–Trinajstić information content (AvgIpc) is 2.12. The van der Waals surface area contributed by atoms with Gasteiger partial charge in [0.25, 0.3) is 0 Å². The van der Waals surface area contributed by atoms with E-state index in [1.807, 2.05) is 12.1 Å². The highest BCUT2D eigenvalue weighted by atomic mass is 35.5. The van der Waals surface area contributed by atoms with Crippen LogP contribution in [0.3, 0.4) is 0 Å². The van der Waals surface area contributed by atoms with E-state index in [0.717, 1.165) is 13.0 Å². The maximum absolute atomic E-state index is 5.71. The number of hydrogen-bond donors (Lipinski definition) is 1.